The number of thiophene rings is 1. The van der Waals surface area contributed by atoms with E-state index in [0.717, 1.165) is 28.7 Å². The number of hydrogen-bond donors (Lipinski definition) is 1. The molecule has 0 radical (unpaired) electrons. The fraction of sp³-hybridized carbons (Fsp3) is 0.167. The van der Waals surface area contributed by atoms with Crippen molar-refractivity contribution in [3.05, 3.63) is 53.0 Å². The molecule has 1 atom stereocenters. The van der Waals surface area contributed by atoms with Gasteiger partial charge < -0.3 is 5.11 Å². The van der Waals surface area contributed by atoms with Crippen LogP contribution in [-0.2, 0) is 0 Å². The summed E-state index contributed by atoms with van der Waals surface area (Å²) in [6.45, 7) is 2.01. The third kappa shape index (κ3) is 2.84. The lowest BCUT2D eigenvalue weighted by Crippen LogP contribution is -2.00. The highest BCUT2D eigenvalue weighted by Gasteiger charge is 2.19. The highest BCUT2D eigenvalue weighted by Crippen LogP contribution is 2.39. The first kappa shape index (κ1) is 13.7. The Balaban J connectivity index is 2.47. The number of aliphatic hydroxyl groups excluding tert-OH is 1. The van der Waals surface area contributed by atoms with Crippen molar-refractivity contribution in [1.29, 1.82) is 0 Å². The molecule has 2 aromatic rings. The number of halogens is 3. The summed E-state index contributed by atoms with van der Waals surface area (Å²) in [7, 11) is 0. The SMILES string of the molecule is Cc1cccc(C(O)c2cc(Br)sc2Br)c1Br. The Bertz CT molecular complexity index is 551. The second-order valence-corrected chi connectivity index (χ2v) is 8.20. The van der Waals surface area contributed by atoms with Gasteiger partial charge in [0, 0.05) is 10.0 Å². The largest absolute Gasteiger partial charge is 0.384 e. The number of rotatable bonds is 2. The zero-order valence-corrected chi connectivity index (χ0v) is 14.5. The van der Waals surface area contributed by atoms with Gasteiger partial charge in [-0.25, -0.2) is 0 Å². The van der Waals surface area contributed by atoms with Gasteiger partial charge in [0.1, 0.15) is 6.10 Å². The second-order valence-electron chi connectivity index (χ2n) is 3.66. The molecule has 0 amide bonds. The minimum Gasteiger partial charge on any atom is -0.384 e. The molecule has 0 spiro atoms. The minimum absolute atomic E-state index is 0.624. The predicted molar refractivity (Wildman–Crippen MR) is 82.7 cm³/mol. The van der Waals surface area contributed by atoms with Crippen LogP contribution in [-0.4, -0.2) is 5.11 Å². The summed E-state index contributed by atoms with van der Waals surface area (Å²) in [6, 6.07) is 7.83. The highest BCUT2D eigenvalue weighted by molar-refractivity contribution is 9.12. The van der Waals surface area contributed by atoms with Crippen LogP contribution in [0.5, 0.6) is 0 Å². The quantitative estimate of drug-likeness (QED) is 0.660. The van der Waals surface area contributed by atoms with Crippen LogP contribution in [0.15, 0.2) is 36.3 Å². The van der Waals surface area contributed by atoms with E-state index >= 15 is 0 Å². The highest BCUT2D eigenvalue weighted by atomic mass is 79.9. The summed E-state index contributed by atoms with van der Waals surface area (Å²) in [5.41, 5.74) is 2.89. The van der Waals surface area contributed by atoms with Gasteiger partial charge in [-0.05, 0) is 56.0 Å². The molecule has 1 unspecified atom stereocenters. The van der Waals surface area contributed by atoms with Crippen LogP contribution in [0.3, 0.4) is 0 Å². The van der Waals surface area contributed by atoms with Crippen molar-refractivity contribution in [2.45, 2.75) is 13.0 Å². The molecule has 0 aliphatic carbocycles. The van der Waals surface area contributed by atoms with Gasteiger partial charge in [-0.2, -0.15) is 0 Å². The van der Waals surface area contributed by atoms with Crippen molar-refractivity contribution >= 4 is 59.1 Å². The van der Waals surface area contributed by atoms with Gasteiger partial charge in [-0.3, -0.25) is 0 Å². The molecule has 0 saturated carbocycles. The van der Waals surface area contributed by atoms with Crippen molar-refractivity contribution in [2.24, 2.45) is 0 Å². The van der Waals surface area contributed by atoms with E-state index in [9.17, 15) is 5.11 Å². The van der Waals surface area contributed by atoms with E-state index in [2.05, 4.69) is 47.8 Å². The van der Waals surface area contributed by atoms with E-state index in [1.54, 1.807) is 11.3 Å². The van der Waals surface area contributed by atoms with Crippen molar-refractivity contribution in [3.8, 4) is 0 Å². The molecule has 1 aromatic carbocycles. The summed E-state index contributed by atoms with van der Waals surface area (Å²) in [4.78, 5) is 0. The van der Waals surface area contributed by atoms with Gasteiger partial charge in [0.05, 0.1) is 7.57 Å². The molecule has 17 heavy (non-hydrogen) atoms. The molecular weight excluding hydrogens is 432 g/mol. The Morgan fingerprint density at radius 1 is 1.18 bits per heavy atom. The molecule has 0 fully saturated rings. The normalized spacial score (nSPS) is 12.8. The zero-order chi connectivity index (χ0) is 12.6. The topological polar surface area (TPSA) is 20.2 Å². The first-order valence-electron chi connectivity index (χ1n) is 4.88. The summed E-state index contributed by atoms with van der Waals surface area (Å²) in [6.07, 6.45) is -0.624. The molecule has 5 heteroatoms. The van der Waals surface area contributed by atoms with Crippen LogP contribution in [0.25, 0.3) is 0 Å². The summed E-state index contributed by atoms with van der Waals surface area (Å²) in [5, 5.41) is 10.4. The number of aryl methyl sites for hydroxylation is 1. The average molecular weight is 441 g/mol. The molecule has 2 rings (SSSR count). The first-order chi connectivity index (χ1) is 8.00. The lowest BCUT2D eigenvalue weighted by Gasteiger charge is -2.13. The number of benzene rings is 1. The molecular formula is C12H9Br3OS. The standard InChI is InChI=1S/C12H9Br3OS/c1-6-3-2-4-7(10(6)14)11(16)8-5-9(13)17-12(8)15/h2-5,11,16H,1H3. The van der Waals surface area contributed by atoms with Crippen molar-refractivity contribution < 1.29 is 5.11 Å². The van der Waals surface area contributed by atoms with E-state index in [4.69, 9.17) is 0 Å². The fourth-order valence-corrected chi connectivity index (χ4v) is 4.95. The Morgan fingerprint density at radius 3 is 2.47 bits per heavy atom. The van der Waals surface area contributed by atoms with Crippen LogP contribution in [0.1, 0.15) is 22.8 Å². The second kappa shape index (κ2) is 5.53. The fourth-order valence-electron chi connectivity index (χ4n) is 1.59. The maximum absolute atomic E-state index is 10.4. The Labute approximate surface area is 129 Å². The van der Waals surface area contributed by atoms with Gasteiger partial charge in [0.15, 0.2) is 0 Å². The van der Waals surface area contributed by atoms with Crippen LogP contribution >= 0.6 is 59.1 Å². The average Bonchev–Trinajstić information content (AvgIpc) is 2.61. The Hall–Kier alpha value is 0.320. The van der Waals surface area contributed by atoms with Gasteiger partial charge in [-0.1, -0.05) is 34.1 Å². The maximum Gasteiger partial charge on any atom is 0.107 e. The molecule has 0 aliphatic heterocycles. The molecule has 1 N–H and O–H groups in total. The minimum atomic E-state index is -0.624. The molecule has 90 valence electrons. The summed E-state index contributed by atoms with van der Waals surface area (Å²) < 4.78 is 2.91. The summed E-state index contributed by atoms with van der Waals surface area (Å²) >= 11 is 12.0. The van der Waals surface area contributed by atoms with E-state index in [1.165, 1.54) is 0 Å². The van der Waals surface area contributed by atoms with Gasteiger partial charge in [-0.15, -0.1) is 11.3 Å². The molecule has 0 aliphatic rings. The number of aliphatic hydroxyl groups is 1. The molecule has 1 heterocycles. The lowest BCUT2D eigenvalue weighted by molar-refractivity contribution is 0.219. The van der Waals surface area contributed by atoms with Crippen molar-refractivity contribution in [3.63, 3.8) is 0 Å². The van der Waals surface area contributed by atoms with Gasteiger partial charge in [0.2, 0.25) is 0 Å². The lowest BCUT2D eigenvalue weighted by atomic mass is 10.0. The van der Waals surface area contributed by atoms with Crippen LogP contribution in [0.4, 0.5) is 0 Å². The van der Waals surface area contributed by atoms with Gasteiger partial charge >= 0.3 is 0 Å². The van der Waals surface area contributed by atoms with E-state index in [-0.39, 0.29) is 0 Å². The van der Waals surface area contributed by atoms with E-state index in [1.807, 2.05) is 31.2 Å². The van der Waals surface area contributed by atoms with Crippen LogP contribution in [0, 0.1) is 6.92 Å². The molecule has 0 saturated heterocycles. The Morgan fingerprint density at radius 2 is 1.88 bits per heavy atom. The smallest absolute Gasteiger partial charge is 0.107 e. The van der Waals surface area contributed by atoms with Crippen molar-refractivity contribution in [1.82, 2.24) is 0 Å². The van der Waals surface area contributed by atoms with E-state index < -0.39 is 6.10 Å². The maximum atomic E-state index is 10.4. The number of hydrogen-bond acceptors (Lipinski definition) is 2. The van der Waals surface area contributed by atoms with E-state index in [0.29, 0.717) is 0 Å². The zero-order valence-electron chi connectivity index (χ0n) is 8.88. The summed E-state index contributed by atoms with van der Waals surface area (Å²) in [5.74, 6) is 0. The molecule has 1 aromatic heterocycles. The monoisotopic (exact) mass is 438 g/mol. The van der Waals surface area contributed by atoms with Crippen molar-refractivity contribution in [2.75, 3.05) is 0 Å². The van der Waals surface area contributed by atoms with Gasteiger partial charge in [0.25, 0.3) is 0 Å². The van der Waals surface area contributed by atoms with Crippen LogP contribution in [0.2, 0.25) is 0 Å². The molecule has 0 bridgehead atoms. The van der Waals surface area contributed by atoms with Crippen LogP contribution < -0.4 is 0 Å². The Kier molecular flexibility index (Phi) is 4.47. The third-order valence-electron chi connectivity index (χ3n) is 2.49. The first-order valence-corrected chi connectivity index (χ1v) is 8.08. The third-order valence-corrected chi connectivity index (χ3v) is 5.96. The predicted octanol–water partition coefficient (Wildman–Crippen LogP) is 5.43. The molecule has 1 nitrogen and oxygen atoms in total.